The summed E-state index contributed by atoms with van der Waals surface area (Å²) in [6.45, 7) is 0. The van der Waals surface area contributed by atoms with E-state index in [4.69, 9.17) is 0 Å². The summed E-state index contributed by atoms with van der Waals surface area (Å²) >= 11 is 1.87. The molecular weight excluding hydrogens is 384 g/mol. The van der Waals surface area contributed by atoms with Crippen LogP contribution in [0.1, 0.15) is 0 Å². The van der Waals surface area contributed by atoms with Gasteiger partial charge in [-0.2, -0.15) is 0 Å². The SMILES string of the molecule is c1cc(-n2c3ccccc3c3cc4sc5ccccc5c4cc32)c2cccnc2c1. The second-order valence-corrected chi connectivity index (χ2v) is 8.75. The Morgan fingerprint density at radius 2 is 1.40 bits per heavy atom. The van der Waals surface area contributed by atoms with Crippen LogP contribution in [0.5, 0.6) is 0 Å². The fourth-order valence-electron chi connectivity index (χ4n) is 4.73. The number of para-hydroxylation sites is 1. The highest BCUT2D eigenvalue weighted by molar-refractivity contribution is 7.25. The van der Waals surface area contributed by atoms with Gasteiger partial charge in [0.25, 0.3) is 0 Å². The Balaban J connectivity index is 1.72. The molecule has 3 heterocycles. The summed E-state index contributed by atoms with van der Waals surface area (Å²) in [6.07, 6.45) is 1.86. The molecule has 140 valence electrons. The molecule has 0 fully saturated rings. The Hall–Kier alpha value is -3.69. The van der Waals surface area contributed by atoms with Crippen LogP contribution in [0.2, 0.25) is 0 Å². The molecule has 0 saturated heterocycles. The molecule has 0 amide bonds. The minimum atomic E-state index is 1.02. The van der Waals surface area contributed by atoms with Crippen LogP contribution in [0.3, 0.4) is 0 Å². The predicted octanol–water partition coefficient (Wildman–Crippen LogP) is 7.70. The first kappa shape index (κ1) is 16.1. The van der Waals surface area contributed by atoms with Crippen molar-refractivity contribution in [2.75, 3.05) is 0 Å². The number of nitrogens with zero attached hydrogens (tertiary/aromatic N) is 2. The molecule has 0 radical (unpaired) electrons. The van der Waals surface area contributed by atoms with E-state index in [-0.39, 0.29) is 0 Å². The van der Waals surface area contributed by atoms with Crippen LogP contribution in [0, 0.1) is 0 Å². The number of thiophene rings is 1. The number of hydrogen-bond donors (Lipinski definition) is 0. The smallest absolute Gasteiger partial charge is 0.0723 e. The molecule has 0 spiro atoms. The maximum Gasteiger partial charge on any atom is 0.0723 e. The summed E-state index contributed by atoms with van der Waals surface area (Å²) in [5, 5.41) is 6.40. The molecule has 0 bridgehead atoms. The van der Waals surface area contributed by atoms with Crippen LogP contribution in [0.25, 0.3) is 58.6 Å². The maximum atomic E-state index is 4.58. The summed E-state index contributed by atoms with van der Waals surface area (Å²) in [5.74, 6) is 0. The van der Waals surface area contributed by atoms with E-state index in [1.165, 1.54) is 47.7 Å². The Kier molecular flexibility index (Phi) is 3.18. The van der Waals surface area contributed by atoms with Gasteiger partial charge >= 0.3 is 0 Å². The third-order valence-corrected chi connectivity index (χ3v) is 7.17. The molecule has 30 heavy (non-hydrogen) atoms. The molecule has 0 aliphatic carbocycles. The molecule has 7 aromatic rings. The van der Waals surface area contributed by atoms with Gasteiger partial charge in [0.2, 0.25) is 0 Å². The first-order valence-electron chi connectivity index (χ1n) is 10.1. The molecule has 0 saturated carbocycles. The van der Waals surface area contributed by atoms with Crippen molar-refractivity contribution in [1.29, 1.82) is 0 Å². The lowest BCUT2D eigenvalue weighted by molar-refractivity contribution is 1.20. The normalized spacial score (nSPS) is 12.0. The van der Waals surface area contributed by atoms with Gasteiger partial charge < -0.3 is 4.57 Å². The second kappa shape index (κ2) is 5.91. The van der Waals surface area contributed by atoms with Gasteiger partial charge in [0.05, 0.1) is 22.2 Å². The molecule has 7 rings (SSSR count). The van der Waals surface area contributed by atoms with Gasteiger partial charge in [-0.25, -0.2) is 0 Å². The van der Waals surface area contributed by atoms with Crippen LogP contribution in [0.15, 0.2) is 97.2 Å². The molecule has 3 heteroatoms. The first-order chi connectivity index (χ1) is 14.9. The standard InChI is InChI=1S/C27H16N2S/c1-3-11-23-17(7-1)20-16-27-21(18-8-2-4-13-26(18)30-27)15-25(20)29(23)24-12-5-10-22-19(24)9-6-14-28-22/h1-16H. The minimum absolute atomic E-state index is 1.02. The molecule has 0 atom stereocenters. The lowest BCUT2D eigenvalue weighted by atomic mass is 10.1. The third-order valence-electron chi connectivity index (χ3n) is 6.03. The lowest BCUT2D eigenvalue weighted by Crippen LogP contribution is -1.95. The topological polar surface area (TPSA) is 17.8 Å². The zero-order valence-corrected chi connectivity index (χ0v) is 16.9. The van der Waals surface area contributed by atoms with E-state index in [9.17, 15) is 0 Å². The summed E-state index contributed by atoms with van der Waals surface area (Å²) in [6, 6.07) is 32.7. The van der Waals surface area contributed by atoms with Crippen LogP contribution in [-0.4, -0.2) is 9.55 Å². The number of fused-ring (bicyclic) bond motifs is 7. The fourth-order valence-corrected chi connectivity index (χ4v) is 5.86. The lowest BCUT2D eigenvalue weighted by Gasteiger charge is -2.11. The molecule has 2 nitrogen and oxygen atoms in total. The van der Waals surface area contributed by atoms with Gasteiger partial charge in [-0.1, -0.05) is 42.5 Å². The van der Waals surface area contributed by atoms with Gasteiger partial charge in [0.1, 0.15) is 0 Å². The van der Waals surface area contributed by atoms with Gasteiger partial charge in [-0.05, 0) is 48.5 Å². The van der Waals surface area contributed by atoms with Gasteiger partial charge in [0.15, 0.2) is 0 Å². The predicted molar refractivity (Wildman–Crippen MR) is 129 cm³/mol. The van der Waals surface area contributed by atoms with E-state index >= 15 is 0 Å². The number of aromatic nitrogens is 2. The Labute approximate surface area is 176 Å². The first-order valence-corrected chi connectivity index (χ1v) is 10.9. The van der Waals surface area contributed by atoms with Crippen molar-refractivity contribution in [3.05, 3.63) is 97.2 Å². The largest absolute Gasteiger partial charge is 0.309 e. The number of hydrogen-bond acceptors (Lipinski definition) is 2. The van der Waals surface area contributed by atoms with E-state index in [1.807, 2.05) is 23.6 Å². The van der Waals surface area contributed by atoms with Crippen molar-refractivity contribution in [1.82, 2.24) is 9.55 Å². The molecule has 3 aromatic heterocycles. The van der Waals surface area contributed by atoms with Crippen molar-refractivity contribution in [2.45, 2.75) is 0 Å². The monoisotopic (exact) mass is 400 g/mol. The molecular formula is C27H16N2S. The highest BCUT2D eigenvalue weighted by Crippen LogP contribution is 2.41. The van der Waals surface area contributed by atoms with Crippen LogP contribution in [-0.2, 0) is 0 Å². The van der Waals surface area contributed by atoms with Gasteiger partial charge in [0, 0.05) is 42.5 Å². The van der Waals surface area contributed by atoms with E-state index in [2.05, 4.69) is 94.5 Å². The number of benzene rings is 4. The quantitative estimate of drug-likeness (QED) is 0.276. The van der Waals surface area contributed by atoms with Crippen LogP contribution < -0.4 is 0 Å². The Morgan fingerprint density at radius 1 is 0.567 bits per heavy atom. The Morgan fingerprint density at radius 3 is 2.37 bits per heavy atom. The molecule has 4 aromatic carbocycles. The van der Waals surface area contributed by atoms with E-state index in [0.717, 1.165) is 10.9 Å². The molecule has 0 aliphatic rings. The van der Waals surface area contributed by atoms with Crippen molar-refractivity contribution in [2.24, 2.45) is 0 Å². The van der Waals surface area contributed by atoms with Crippen molar-refractivity contribution < 1.29 is 0 Å². The highest BCUT2D eigenvalue weighted by atomic mass is 32.1. The van der Waals surface area contributed by atoms with Crippen molar-refractivity contribution in [3.8, 4) is 5.69 Å². The van der Waals surface area contributed by atoms with E-state index in [1.54, 1.807) is 0 Å². The second-order valence-electron chi connectivity index (χ2n) is 7.66. The van der Waals surface area contributed by atoms with Gasteiger partial charge in [-0.3, -0.25) is 4.98 Å². The average molecular weight is 401 g/mol. The number of pyridine rings is 1. The van der Waals surface area contributed by atoms with Crippen molar-refractivity contribution >= 4 is 64.2 Å². The fraction of sp³-hybridized carbons (Fsp3) is 0. The summed E-state index contributed by atoms with van der Waals surface area (Å²) in [7, 11) is 0. The third kappa shape index (κ3) is 2.10. The van der Waals surface area contributed by atoms with Crippen LogP contribution >= 0.6 is 11.3 Å². The molecule has 0 aliphatic heterocycles. The summed E-state index contributed by atoms with van der Waals surface area (Å²) in [5.41, 5.74) is 4.66. The zero-order valence-electron chi connectivity index (χ0n) is 16.0. The van der Waals surface area contributed by atoms with E-state index in [0.29, 0.717) is 0 Å². The summed E-state index contributed by atoms with van der Waals surface area (Å²) in [4.78, 5) is 4.58. The highest BCUT2D eigenvalue weighted by Gasteiger charge is 2.16. The maximum absolute atomic E-state index is 4.58. The minimum Gasteiger partial charge on any atom is -0.309 e. The molecule has 0 unspecified atom stereocenters. The van der Waals surface area contributed by atoms with Crippen molar-refractivity contribution in [3.63, 3.8) is 0 Å². The average Bonchev–Trinajstić information content (AvgIpc) is 3.32. The molecule has 0 N–H and O–H groups in total. The zero-order chi connectivity index (χ0) is 19.7. The van der Waals surface area contributed by atoms with Gasteiger partial charge in [-0.15, -0.1) is 11.3 Å². The number of rotatable bonds is 1. The van der Waals surface area contributed by atoms with E-state index < -0.39 is 0 Å². The Bertz CT molecular complexity index is 1750. The summed E-state index contributed by atoms with van der Waals surface area (Å²) < 4.78 is 5.08. The van der Waals surface area contributed by atoms with Crippen LogP contribution in [0.4, 0.5) is 0 Å².